The molecule has 0 atom stereocenters. The molecular formula is C18H26N2O3S. The van der Waals surface area contributed by atoms with Crippen LogP contribution in [-0.2, 0) is 15.3 Å². The Morgan fingerprint density at radius 1 is 1.38 bits per heavy atom. The van der Waals surface area contributed by atoms with Crippen molar-refractivity contribution in [2.45, 2.75) is 44.5 Å². The van der Waals surface area contributed by atoms with Crippen molar-refractivity contribution in [3.8, 4) is 0 Å². The number of aliphatic carboxylic acids is 1. The van der Waals surface area contributed by atoms with Crippen LogP contribution < -0.4 is 5.32 Å². The molecule has 0 heterocycles. The first kappa shape index (κ1) is 18.8. The summed E-state index contributed by atoms with van der Waals surface area (Å²) in [4.78, 5) is 24.8. The molecule has 0 spiro atoms. The fourth-order valence-electron chi connectivity index (χ4n) is 3.01. The van der Waals surface area contributed by atoms with E-state index in [0.717, 1.165) is 25.1 Å². The van der Waals surface area contributed by atoms with Gasteiger partial charge >= 0.3 is 5.97 Å². The number of aryl methyl sites for hydroxylation is 1. The molecule has 24 heavy (non-hydrogen) atoms. The number of benzene rings is 1. The van der Waals surface area contributed by atoms with Crippen LogP contribution in [0.2, 0.25) is 0 Å². The zero-order chi connectivity index (χ0) is 17.5. The van der Waals surface area contributed by atoms with Gasteiger partial charge in [0.25, 0.3) is 0 Å². The fourth-order valence-corrected chi connectivity index (χ4v) is 3.80. The molecule has 1 saturated carbocycles. The number of carbonyl (C=O) groups is 2. The molecule has 0 radical (unpaired) electrons. The van der Waals surface area contributed by atoms with Gasteiger partial charge in [0.15, 0.2) is 0 Å². The van der Waals surface area contributed by atoms with Crippen LogP contribution in [0.15, 0.2) is 24.3 Å². The van der Waals surface area contributed by atoms with E-state index in [1.54, 1.807) is 11.8 Å². The lowest BCUT2D eigenvalue weighted by atomic mass is 9.85. The number of thioether (sulfide) groups is 1. The standard InChI is InChI=1S/C18H26N2O3S/c1-3-20(10-18(22)23)16-8-15(9-16)19-17(21)12-24-11-14-6-4-5-13(2)7-14/h4-7,15-16H,3,8-12H2,1-2H3,(H,19,21)(H,22,23). The Bertz CT molecular complexity index is 573. The van der Waals surface area contributed by atoms with Gasteiger partial charge in [0.05, 0.1) is 12.3 Å². The molecule has 1 aliphatic rings. The quantitative estimate of drug-likeness (QED) is 0.715. The zero-order valence-electron chi connectivity index (χ0n) is 14.3. The van der Waals surface area contributed by atoms with Crippen molar-refractivity contribution < 1.29 is 14.7 Å². The second kappa shape index (κ2) is 9.08. The molecule has 0 aliphatic heterocycles. The summed E-state index contributed by atoms with van der Waals surface area (Å²) in [6.45, 7) is 4.84. The number of hydrogen-bond donors (Lipinski definition) is 2. The molecule has 5 nitrogen and oxygen atoms in total. The van der Waals surface area contributed by atoms with Crippen LogP contribution in [-0.4, -0.2) is 52.8 Å². The summed E-state index contributed by atoms with van der Waals surface area (Å²) < 4.78 is 0. The Balaban J connectivity index is 1.63. The third kappa shape index (κ3) is 5.83. The first-order valence-electron chi connectivity index (χ1n) is 8.36. The van der Waals surface area contributed by atoms with Gasteiger partial charge in [-0.15, -0.1) is 11.8 Å². The monoisotopic (exact) mass is 350 g/mol. The van der Waals surface area contributed by atoms with Crippen molar-refractivity contribution in [1.29, 1.82) is 0 Å². The van der Waals surface area contributed by atoms with Gasteiger partial charge in [-0.3, -0.25) is 14.5 Å². The maximum Gasteiger partial charge on any atom is 0.317 e. The van der Waals surface area contributed by atoms with Crippen molar-refractivity contribution in [2.24, 2.45) is 0 Å². The number of carboxylic acid groups (broad SMARTS) is 1. The second-order valence-corrected chi connectivity index (χ2v) is 7.31. The Morgan fingerprint density at radius 3 is 2.75 bits per heavy atom. The molecule has 132 valence electrons. The summed E-state index contributed by atoms with van der Waals surface area (Å²) in [5, 5.41) is 11.9. The summed E-state index contributed by atoms with van der Waals surface area (Å²) >= 11 is 1.62. The molecule has 0 bridgehead atoms. The van der Waals surface area contributed by atoms with E-state index in [1.807, 2.05) is 17.9 Å². The summed E-state index contributed by atoms with van der Waals surface area (Å²) in [5.74, 6) is 0.570. The average molecular weight is 350 g/mol. The van der Waals surface area contributed by atoms with Crippen molar-refractivity contribution in [1.82, 2.24) is 10.2 Å². The van der Waals surface area contributed by atoms with Gasteiger partial charge in [-0.25, -0.2) is 0 Å². The predicted molar refractivity (Wildman–Crippen MR) is 97.2 cm³/mol. The van der Waals surface area contributed by atoms with E-state index in [2.05, 4.69) is 30.4 Å². The van der Waals surface area contributed by atoms with Crippen LogP contribution in [0.5, 0.6) is 0 Å². The number of nitrogens with one attached hydrogen (secondary N) is 1. The van der Waals surface area contributed by atoms with E-state index in [-0.39, 0.29) is 24.5 Å². The fraction of sp³-hybridized carbons (Fsp3) is 0.556. The molecule has 0 saturated heterocycles. The molecule has 6 heteroatoms. The minimum Gasteiger partial charge on any atom is -0.480 e. The highest BCUT2D eigenvalue weighted by molar-refractivity contribution is 7.99. The van der Waals surface area contributed by atoms with E-state index in [9.17, 15) is 9.59 Å². The van der Waals surface area contributed by atoms with Crippen molar-refractivity contribution >= 4 is 23.6 Å². The number of carbonyl (C=O) groups excluding carboxylic acids is 1. The number of likely N-dealkylation sites (N-methyl/N-ethyl adjacent to an activating group) is 1. The molecule has 1 aromatic rings. The molecule has 1 aliphatic carbocycles. The predicted octanol–water partition coefficient (Wildman–Crippen LogP) is 2.28. The summed E-state index contributed by atoms with van der Waals surface area (Å²) in [5.41, 5.74) is 2.48. The maximum absolute atomic E-state index is 12.0. The molecule has 2 N–H and O–H groups in total. The lowest BCUT2D eigenvalue weighted by Crippen LogP contribution is -2.55. The van der Waals surface area contributed by atoms with Crippen LogP contribution in [0, 0.1) is 6.92 Å². The minimum absolute atomic E-state index is 0.0670. The zero-order valence-corrected chi connectivity index (χ0v) is 15.1. The lowest BCUT2D eigenvalue weighted by Gasteiger charge is -2.42. The van der Waals surface area contributed by atoms with E-state index >= 15 is 0 Å². The molecule has 0 aromatic heterocycles. The summed E-state index contributed by atoms with van der Waals surface area (Å²) in [6.07, 6.45) is 1.69. The summed E-state index contributed by atoms with van der Waals surface area (Å²) in [6, 6.07) is 8.79. The van der Waals surface area contributed by atoms with Gasteiger partial charge in [0.2, 0.25) is 5.91 Å². The van der Waals surface area contributed by atoms with Gasteiger partial charge in [-0.05, 0) is 31.9 Å². The first-order chi connectivity index (χ1) is 11.5. The lowest BCUT2D eigenvalue weighted by molar-refractivity contribution is -0.139. The normalized spacial score (nSPS) is 19.8. The molecule has 1 aromatic carbocycles. The molecule has 1 fully saturated rings. The van der Waals surface area contributed by atoms with Crippen LogP contribution in [0.1, 0.15) is 30.9 Å². The summed E-state index contributed by atoms with van der Waals surface area (Å²) in [7, 11) is 0. The third-order valence-electron chi connectivity index (χ3n) is 4.32. The van der Waals surface area contributed by atoms with Crippen molar-refractivity contribution in [3.63, 3.8) is 0 Å². The van der Waals surface area contributed by atoms with Gasteiger partial charge in [-0.1, -0.05) is 36.8 Å². The Labute approximate surface area is 147 Å². The molecule has 1 amide bonds. The number of amides is 1. The number of hydrogen-bond acceptors (Lipinski definition) is 4. The van der Waals surface area contributed by atoms with Gasteiger partial charge in [0.1, 0.15) is 0 Å². The molecule has 2 rings (SSSR count). The Morgan fingerprint density at radius 2 is 2.12 bits per heavy atom. The smallest absolute Gasteiger partial charge is 0.317 e. The van der Waals surface area contributed by atoms with E-state index in [0.29, 0.717) is 5.75 Å². The largest absolute Gasteiger partial charge is 0.480 e. The maximum atomic E-state index is 12.0. The van der Waals surface area contributed by atoms with Crippen LogP contribution in [0.25, 0.3) is 0 Å². The first-order valence-corrected chi connectivity index (χ1v) is 9.52. The molecular weight excluding hydrogens is 324 g/mol. The highest BCUT2D eigenvalue weighted by Crippen LogP contribution is 2.25. The van der Waals surface area contributed by atoms with E-state index in [4.69, 9.17) is 5.11 Å². The third-order valence-corrected chi connectivity index (χ3v) is 5.33. The number of nitrogens with zero attached hydrogens (tertiary/aromatic N) is 1. The van der Waals surface area contributed by atoms with Gasteiger partial charge in [-0.2, -0.15) is 0 Å². The Hall–Kier alpha value is -1.53. The molecule has 0 unspecified atom stereocenters. The Kier molecular flexibility index (Phi) is 7.12. The highest BCUT2D eigenvalue weighted by Gasteiger charge is 2.34. The number of rotatable bonds is 9. The average Bonchev–Trinajstić information content (AvgIpc) is 2.48. The van der Waals surface area contributed by atoms with Gasteiger partial charge in [0, 0.05) is 17.8 Å². The van der Waals surface area contributed by atoms with Crippen LogP contribution in [0.4, 0.5) is 0 Å². The van der Waals surface area contributed by atoms with Crippen LogP contribution >= 0.6 is 11.8 Å². The van der Waals surface area contributed by atoms with Gasteiger partial charge < -0.3 is 10.4 Å². The minimum atomic E-state index is -0.795. The van der Waals surface area contributed by atoms with Crippen molar-refractivity contribution in [3.05, 3.63) is 35.4 Å². The topological polar surface area (TPSA) is 69.6 Å². The number of carboxylic acids is 1. The van der Waals surface area contributed by atoms with E-state index < -0.39 is 5.97 Å². The van der Waals surface area contributed by atoms with Crippen LogP contribution in [0.3, 0.4) is 0 Å². The second-order valence-electron chi connectivity index (χ2n) is 6.33. The van der Waals surface area contributed by atoms with E-state index in [1.165, 1.54) is 11.1 Å². The van der Waals surface area contributed by atoms with Crippen molar-refractivity contribution in [2.75, 3.05) is 18.8 Å². The SMILES string of the molecule is CCN(CC(=O)O)C1CC(NC(=O)CSCc2cccc(C)c2)C1. The highest BCUT2D eigenvalue weighted by atomic mass is 32.2.